The lowest BCUT2D eigenvalue weighted by atomic mass is 9.68. The van der Waals surface area contributed by atoms with E-state index < -0.39 is 20.2 Å². The number of allylic oxidation sites excluding steroid dienone is 22. The molecule has 0 aromatic heterocycles. The van der Waals surface area contributed by atoms with Gasteiger partial charge in [0.2, 0.25) is 0 Å². The molecule has 7 nitrogen and oxygen atoms in total. The lowest BCUT2D eigenvalue weighted by Crippen LogP contribution is -2.78. The van der Waals surface area contributed by atoms with E-state index in [-0.39, 0.29) is 34.9 Å². The highest BCUT2D eigenvalue weighted by atomic mass is 32.2. The van der Waals surface area contributed by atoms with Crippen molar-refractivity contribution >= 4 is 47.7 Å². The highest BCUT2D eigenvalue weighted by Gasteiger charge is 2.33. The maximum absolute atomic E-state index is 11.9. The molecule has 0 amide bonds. The van der Waals surface area contributed by atoms with Gasteiger partial charge in [0.1, 0.15) is 20.2 Å². The van der Waals surface area contributed by atoms with Crippen LogP contribution in [-0.4, -0.2) is 39.5 Å². The lowest BCUT2D eigenvalue weighted by molar-refractivity contribution is -0.623. The third kappa shape index (κ3) is 19.5. The summed E-state index contributed by atoms with van der Waals surface area (Å²) in [6.07, 6.45) is 30.1. The van der Waals surface area contributed by atoms with Gasteiger partial charge in [-0.3, -0.25) is 0 Å². The Morgan fingerprint density at radius 2 is 1.19 bits per heavy atom. The Morgan fingerprint density at radius 1 is 0.655 bits per heavy atom. The molecule has 4 atom stereocenters. The van der Waals surface area contributed by atoms with Crippen LogP contribution in [0, 0.1) is 51.4 Å². The molecule has 0 spiro atoms. The van der Waals surface area contributed by atoms with Gasteiger partial charge in [-0.15, -0.1) is 6.58 Å². The molecular formula is C75H90NO6S2-. The van der Waals surface area contributed by atoms with Crippen molar-refractivity contribution < 1.29 is 32.7 Å². The smallest absolute Gasteiger partial charge is 0.124 e. The molecule has 8 rings (SSSR count). The van der Waals surface area contributed by atoms with Crippen molar-refractivity contribution in [1.29, 1.82) is 0 Å². The van der Waals surface area contributed by atoms with Crippen molar-refractivity contribution in [3.05, 3.63) is 304 Å². The van der Waals surface area contributed by atoms with Gasteiger partial charge in [0.25, 0.3) is 0 Å². The third-order valence-electron chi connectivity index (χ3n) is 14.5. The fourth-order valence-electron chi connectivity index (χ4n) is 9.97. The molecule has 0 bridgehead atoms. The number of quaternary nitrogens is 1. The minimum Gasteiger partial charge on any atom is -0.744 e. The largest absolute Gasteiger partial charge is 0.744 e. The molecule has 5 aromatic rings. The van der Waals surface area contributed by atoms with E-state index in [1.807, 2.05) is 102 Å². The Kier molecular flexibility index (Phi) is 28.2. The maximum Gasteiger partial charge on any atom is 0.124 e. The van der Waals surface area contributed by atoms with Crippen molar-refractivity contribution in [2.75, 3.05) is 13.6 Å². The number of hydrogen-bond donors (Lipinski definition) is 1. The van der Waals surface area contributed by atoms with Crippen molar-refractivity contribution in [3.63, 3.8) is 0 Å². The Morgan fingerprint density at radius 3 is 1.68 bits per heavy atom. The van der Waals surface area contributed by atoms with Gasteiger partial charge in [0, 0.05) is 7.34 Å². The molecule has 2 N–H and O–H groups in total. The number of fused-ring (bicyclic) bond motifs is 1. The highest BCUT2D eigenvalue weighted by Crippen LogP contribution is 2.46. The number of hydrogen-bond acceptors (Lipinski definition) is 6. The molecule has 0 heterocycles. The normalized spacial score (nSPS) is 17.9. The zero-order valence-electron chi connectivity index (χ0n) is 51.1. The number of unbranched alkanes of at least 4 members (excludes halogenated alkanes) is 1. The van der Waals surface area contributed by atoms with Gasteiger partial charge < -0.3 is 14.4 Å². The average molecular weight is 1170 g/mol. The van der Waals surface area contributed by atoms with E-state index in [0.29, 0.717) is 18.4 Å². The quantitative estimate of drug-likeness (QED) is 0.0306. The molecule has 0 aliphatic heterocycles. The SMILES string of the molecule is C=CCC/C=C/C1C(C(=C)/C=C\C(=C)C(=C\C2C=CC(S(=O)(=O)[O-])=CC2)/C(=C(\C=C)c2ccc(C)cc2)c2ccccc2)=C(c2ccc(C)cc2)C=CC1C1C=CC(S(=O)(=O)[O-])=CC1.CC.CC.CC[NH2+]C.Cc1ccc(C)c2ccccc12.[HH]. The topological polar surface area (TPSA) is 131 Å². The maximum atomic E-state index is 11.9. The predicted octanol–water partition coefficient (Wildman–Crippen LogP) is 17.7. The fraction of sp³-hybridized carbons (Fsp3) is 0.253. The van der Waals surface area contributed by atoms with Crippen molar-refractivity contribution in [2.45, 2.75) is 88.0 Å². The molecule has 444 valence electrons. The summed E-state index contributed by atoms with van der Waals surface area (Å²) in [6.45, 7) is 37.2. The fourth-order valence-corrected chi connectivity index (χ4v) is 11.1. The number of nitrogens with two attached hydrogens (primary N) is 1. The van der Waals surface area contributed by atoms with Crippen LogP contribution in [0.4, 0.5) is 0 Å². The van der Waals surface area contributed by atoms with Gasteiger partial charge in [-0.1, -0.05) is 253 Å². The summed E-state index contributed by atoms with van der Waals surface area (Å²) < 4.78 is 71.4. The molecule has 0 saturated heterocycles. The van der Waals surface area contributed by atoms with E-state index in [0.717, 1.165) is 74.1 Å². The summed E-state index contributed by atoms with van der Waals surface area (Å²) in [5, 5.41) is 4.87. The summed E-state index contributed by atoms with van der Waals surface area (Å²) in [7, 11) is -7.15. The second-order valence-corrected chi connectivity index (χ2v) is 23.1. The first-order valence-electron chi connectivity index (χ1n) is 29.3. The second-order valence-electron chi connectivity index (χ2n) is 20.3. The first-order valence-corrected chi connectivity index (χ1v) is 32.1. The standard InChI is InChI=1S/C56H56O6S2.C12H12.C3H9N.2C2H6.H2/c1-7-9-10-14-17-53-51(45-30-34-49(35-31-45)64(60,61)62)36-37-52(46-28-20-40(4)21-29-46)55(53)42(6)23-22-41(5)54(38-43-24-32-48(33-25-43)63(57,58)59)56(47-15-12-11-13-16-47)50(8-2)44-26-18-39(3)19-27-44;1-9-7-8-10(2)12-6-4-3-5-11(9)12;1-3-4-2;2*1-2;/h7-8,11-24,26-30,32-38,43,45,51,53H,1-2,5-6,9-10,25,31H2,3-4H3,(H,57,58,59)(H,60,61,62);3-8H,1-2H3;4H,3H2,1-2H3;2*1-2H3;1H/p-1/b17-14+,23-22-,54-38+,56-50+;;;;;. The minimum absolute atomic E-state index is 0. The summed E-state index contributed by atoms with van der Waals surface area (Å²) >= 11 is 0. The summed E-state index contributed by atoms with van der Waals surface area (Å²) in [6, 6.07) is 39.5. The first-order chi connectivity index (χ1) is 40.3. The Balaban J connectivity index is 0.000000767. The zero-order chi connectivity index (χ0) is 62.0. The molecule has 3 aliphatic carbocycles. The molecule has 4 unspecified atom stereocenters. The van der Waals surface area contributed by atoms with Crippen LogP contribution >= 0.6 is 0 Å². The lowest BCUT2D eigenvalue weighted by Gasteiger charge is -2.36. The highest BCUT2D eigenvalue weighted by molar-refractivity contribution is 7.90. The van der Waals surface area contributed by atoms with E-state index in [1.54, 1.807) is 6.08 Å². The number of benzene rings is 5. The van der Waals surface area contributed by atoms with Gasteiger partial charge in [0.15, 0.2) is 0 Å². The molecule has 0 fully saturated rings. The van der Waals surface area contributed by atoms with Gasteiger partial charge in [0.05, 0.1) is 23.4 Å². The Bertz CT molecular complexity index is 3580. The van der Waals surface area contributed by atoms with Crippen molar-refractivity contribution in [2.24, 2.45) is 23.7 Å². The average Bonchev–Trinajstić information content (AvgIpc) is 3.62. The monoisotopic (exact) mass is 1160 g/mol. The summed E-state index contributed by atoms with van der Waals surface area (Å²) in [4.78, 5) is -0.464. The van der Waals surface area contributed by atoms with Crippen LogP contribution in [0.3, 0.4) is 0 Å². The second kappa shape index (κ2) is 34.3. The van der Waals surface area contributed by atoms with Crippen molar-refractivity contribution in [1.82, 2.24) is 0 Å². The molecule has 0 radical (unpaired) electrons. The Hall–Kier alpha value is -7.50. The molecular weight excluding hydrogens is 1070 g/mol. The predicted molar refractivity (Wildman–Crippen MR) is 360 cm³/mol. The van der Waals surface area contributed by atoms with Crippen LogP contribution < -0.4 is 5.32 Å². The summed E-state index contributed by atoms with van der Waals surface area (Å²) in [5.41, 5.74) is 13.8. The minimum atomic E-state index is -4.62. The number of aryl methyl sites for hydroxylation is 4. The van der Waals surface area contributed by atoms with Crippen LogP contribution in [0.5, 0.6) is 0 Å². The van der Waals surface area contributed by atoms with Gasteiger partial charge >= 0.3 is 0 Å². The van der Waals surface area contributed by atoms with Crippen LogP contribution in [0.15, 0.2) is 265 Å². The third-order valence-corrected chi connectivity index (χ3v) is 16.3. The summed E-state index contributed by atoms with van der Waals surface area (Å²) in [5.74, 6) is -0.641. The van der Waals surface area contributed by atoms with Gasteiger partial charge in [-0.25, -0.2) is 16.8 Å². The molecule has 0 saturated carbocycles. The van der Waals surface area contributed by atoms with E-state index >= 15 is 0 Å². The molecule has 9 heteroatoms. The molecule has 3 aliphatic rings. The zero-order valence-corrected chi connectivity index (χ0v) is 52.8. The van der Waals surface area contributed by atoms with E-state index in [2.05, 4.69) is 168 Å². The first kappa shape index (κ1) is 69.0. The molecule has 5 aromatic carbocycles. The van der Waals surface area contributed by atoms with E-state index in [9.17, 15) is 25.9 Å². The molecule has 84 heavy (non-hydrogen) atoms. The Labute approximate surface area is 506 Å². The van der Waals surface area contributed by atoms with E-state index in [4.69, 9.17) is 6.58 Å². The van der Waals surface area contributed by atoms with E-state index in [1.165, 1.54) is 52.7 Å². The van der Waals surface area contributed by atoms with Crippen LogP contribution in [0.25, 0.3) is 27.5 Å². The van der Waals surface area contributed by atoms with Gasteiger partial charge in [-0.05, 0) is 168 Å². The van der Waals surface area contributed by atoms with Crippen molar-refractivity contribution in [3.8, 4) is 0 Å². The van der Waals surface area contributed by atoms with Gasteiger partial charge in [-0.2, -0.15) is 0 Å². The number of rotatable bonds is 18. The van der Waals surface area contributed by atoms with Crippen LogP contribution in [0.1, 0.15) is 101 Å². The van der Waals surface area contributed by atoms with Crippen LogP contribution in [-0.2, 0) is 20.2 Å². The van der Waals surface area contributed by atoms with Crippen LogP contribution in [0.2, 0.25) is 0 Å².